The van der Waals surface area contributed by atoms with Gasteiger partial charge in [0.25, 0.3) is 0 Å². The van der Waals surface area contributed by atoms with E-state index < -0.39 is 84.2 Å². The Hall–Kier alpha value is -3.38. The van der Waals surface area contributed by atoms with Crippen molar-refractivity contribution in [3.63, 3.8) is 0 Å². The van der Waals surface area contributed by atoms with Crippen molar-refractivity contribution in [2.75, 3.05) is 26.1 Å². The van der Waals surface area contributed by atoms with Crippen LogP contribution in [0.4, 0.5) is 0 Å². The highest BCUT2D eigenvalue weighted by Gasteiger charge is 2.51. The number of methoxy groups -OCH3 is 1. The quantitative estimate of drug-likeness (QED) is 0.122. The van der Waals surface area contributed by atoms with Crippen LogP contribution in [0.15, 0.2) is 30.3 Å². The lowest BCUT2D eigenvalue weighted by Gasteiger charge is -2.44. The third-order valence-corrected chi connectivity index (χ3v) is 8.57. The lowest BCUT2D eigenvalue weighted by molar-refractivity contribution is -0.242. The molecule has 0 aliphatic carbocycles. The molecule has 45 heavy (non-hydrogen) atoms. The van der Waals surface area contributed by atoms with Gasteiger partial charge in [0, 0.05) is 33.4 Å². The van der Waals surface area contributed by atoms with Gasteiger partial charge in [0.05, 0.1) is 20.3 Å². The van der Waals surface area contributed by atoms with Crippen molar-refractivity contribution in [3.05, 3.63) is 35.9 Å². The Morgan fingerprint density at radius 2 is 1.53 bits per heavy atom. The number of rotatable bonds is 16. The lowest BCUT2D eigenvalue weighted by atomic mass is 9.99. The molecule has 1 aliphatic rings. The van der Waals surface area contributed by atoms with E-state index in [1.54, 1.807) is 0 Å². The molecule has 17 heteroatoms. The monoisotopic (exact) mass is 674 g/mol. The summed E-state index contributed by atoms with van der Waals surface area (Å²) in [5.41, 5.74) is -0.249. The molecule has 7 atom stereocenters. The molecule has 1 aromatic carbocycles. The van der Waals surface area contributed by atoms with E-state index in [4.69, 9.17) is 23.7 Å². The van der Waals surface area contributed by atoms with Crippen LogP contribution < -0.4 is 10.6 Å². The van der Waals surface area contributed by atoms with Crippen molar-refractivity contribution >= 4 is 57.3 Å². The normalized spacial score (nSPS) is 22.2. The zero-order valence-electron chi connectivity index (χ0n) is 25.4. The molecule has 0 aromatic heterocycles. The number of esters is 4. The molecule has 1 aliphatic heterocycles. The van der Waals surface area contributed by atoms with Crippen molar-refractivity contribution in [1.29, 1.82) is 0 Å². The van der Waals surface area contributed by atoms with Crippen LogP contribution in [-0.4, -0.2) is 109 Å². The smallest absolute Gasteiger partial charge is 0.330 e. The number of ether oxygens (including phenoxy) is 6. The van der Waals surface area contributed by atoms with Crippen molar-refractivity contribution in [3.8, 4) is 0 Å². The summed E-state index contributed by atoms with van der Waals surface area (Å²) in [5, 5.41) is 14.2. The van der Waals surface area contributed by atoms with Crippen LogP contribution in [0.25, 0.3) is 0 Å². The first-order chi connectivity index (χ1) is 21.4. The number of aliphatic hydroxyl groups excluding tert-OH is 1. The van der Waals surface area contributed by atoms with Crippen LogP contribution in [0, 0.1) is 0 Å². The van der Waals surface area contributed by atoms with E-state index in [9.17, 15) is 33.9 Å². The topological polar surface area (TPSA) is 202 Å². The highest BCUT2D eigenvalue weighted by molar-refractivity contribution is 8.76. The van der Waals surface area contributed by atoms with Gasteiger partial charge >= 0.3 is 23.9 Å². The number of carbonyl (C=O) groups excluding carboxylic acids is 6. The minimum Gasteiger partial charge on any atom is -0.467 e. The number of benzene rings is 1. The van der Waals surface area contributed by atoms with Crippen LogP contribution >= 0.6 is 21.6 Å². The van der Waals surface area contributed by atoms with Gasteiger partial charge in [-0.15, -0.1) is 0 Å². The Morgan fingerprint density at radius 3 is 2.09 bits per heavy atom. The molecule has 1 heterocycles. The fraction of sp³-hybridized carbons (Fsp3) is 0.571. The van der Waals surface area contributed by atoms with Crippen LogP contribution in [0.3, 0.4) is 0 Å². The summed E-state index contributed by atoms with van der Waals surface area (Å²) in [6.07, 6.45) is -4.41. The Kier molecular flexibility index (Phi) is 16.1. The van der Waals surface area contributed by atoms with Gasteiger partial charge in [-0.2, -0.15) is 0 Å². The van der Waals surface area contributed by atoms with Gasteiger partial charge in [-0.3, -0.25) is 24.0 Å². The number of nitrogens with one attached hydrogen (secondary N) is 2. The largest absolute Gasteiger partial charge is 0.467 e. The molecule has 0 radical (unpaired) electrons. The highest BCUT2D eigenvalue weighted by Crippen LogP contribution is 2.39. The first-order valence-electron chi connectivity index (χ1n) is 13.7. The molecule has 1 saturated heterocycles. The van der Waals surface area contributed by atoms with E-state index in [2.05, 4.69) is 15.4 Å². The second-order valence-corrected chi connectivity index (χ2v) is 12.2. The summed E-state index contributed by atoms with van der Waals surface area (Å²) < 4.78 is 33.3. The molecule has 3 N–H and O–H groups in total. The third-order valence-electron chi connectivity index (χ3n) is 6.01. The van der Waals surface area contributed by atoms with Crippen LogP contribution in [0.1, 0.15) is 33.3 Å². The number of hydrogen-bond acceptors (Lipinski definition) is 15. The van der Waals surface area contributed by atoms with Crippen LogP contribution in [0.5, 0.6) is 0 Å². The second-order valence-electron chi connectivity index (χ2n) is 9.66. The number of amides is 2. The van der Waals surface area contributed by atoms with Gasteiger partial charge in [0.15, 0.2) is 23.7 Å². The summed E-state index contributed by atoms with van der Waals surface area (Å²) in [7, 11) is 3.12. The fourth-order valence-corrected chi connectivity index (χ4v) is 6.70. The van der Waals surface area contributed by atoms with E-state index in [1.807, 2.05) is 30.3 Å². The molecule has 0 bridgehead atoms. The van der Waals surface area contributed by atoms with E-state index in [0.29, 0.717) is 0 Å². The minimum absolute atomic E-state index is 0.0659. The molecule has 0 saturated carbocycles. The number of aliphatic hydroxyl groups is 1. The molecule has 1 fully saturated rings. The first kappa shape index (κ1) is 37.8. The average Bonchev–Trinajstić information content (AvgIpc) is 2.98. The first-order valence-corrected chi connectivity index (χ1v) is 16.1. The summed E-state index contributed by atoms with van der Waals surface area (Å²) in [5.74, 6) is -4.27. The maximum absolute atomic E-state index is 12.9. The van der Waals surface area contributed by atoms with Crippen LogP contribution in [-0.2, 0) is 63.8 Å². The zero-order valence-corrected chi connectivity index (χ0v) is 27.1. The summed E-state index contributed by atoms with van der Waals surface area (Å²) >= 11 is 0. The maximum Gasteiger partial charge on any atom is 0.330 e. The van der Waals surface area contributed by atoms with E-state index >= 15 is 0 Å². The van der Waals surface area contributed by atoms with Crippen molar-refractivity contribution in [1.82, 2.24) is 10.6 Å². The standard InChI is InChI=1S/C28H38N2O13S2/c1-15(32)29-21(26(36)30-20(11-31)27(37)38-5)14-44-45-28-25(42-18(4)35)24(41-17(3)34)23(22(43-28)13-39-16(2)33)40-12-19-9-7-6-8-10-19/h6-10,20-25,28,31H,11-14H2,1-5H3,(H,29,32)(H,30,36)/t20-,21-,22+,23+,24-,25+,28-/m0/s1. The number of carbonyl (C=O) groups is 6. The molecule has 0 spiro atoms. The molecule has 2 amide bonds. The molecule has 0 unspecified atom stereocenters. The Morgan fingerprint density at radius 1 is 0.889 bits per heavy atom. The fourth-order valence-electron chi connectivity index (χ4n) is 4.10. The van der Waals surface area contributed by atoms with Crippen molar-refractivity contribution < 1.29 is 62.3 Å². The molecule has 2 rings (SSSR count). The van der Waals surface area contributed by atoms with Gasteiger partial charge < -0.3 is 44.2 Å². The van der Waals surface area contributed by atoms with Gasteiger partial charge in [-0.25, -0.2) is 4.79 Å². The van der Waals surface area contributed by atoms with Crippen molar-refractivity contribution in [2.45, 2.75) is 76.2 Å². The van der Waals surface area contributed by atoms with Gasteiger partial charge in [0.2, 0.25) is 11.8 Å². The van der Waals surface area contributed by atoms with Gasteiger partial charge in [-0.1, -0.05) is 51.9 Å². The Bertz CT molecular complexity index is 1170. The molecular formula is C28H38N2O13S2. The van der Waals surface area contributed by atoms with Crippen molar-refractivity contribution in [2.24, 2.45) is 0 Å². The van der Waals surface area contributed by atoms with E-state index in [-0.39, 0.29) is 19.0 Å². The Balaban J connectivity index is 2.31. The third kappa shape index (κ3) is 12.9. The van der Waals surface area contributed by atoms with Crippen LogP contribution in [0.2, 0.25) is 0 Å². The minimum atomic E-state index is -1.36. The molecule has 250 valence electrons. The Labute approximate surface area is 268 Å². The average molecular weight is 675 g/mol. The van der Waals surface area contributed by atoms with E-state index in [1.165, 1.54) is 27.7 Å². The zero-order chi connectivity index (χ0) is 33.5. The molecule has 15 nitrogen and oxygen atoms in total. The predicted octanol–water partition coefficient (Wildman–Crippen LogP) is 0.259. The van der Waals surface area contributed by atoms with Gasteiger partial charge in [0.1, 0.15) is 24.9 Å². The summed E-state index contributed by atoms with van der Waals surface area (Å²) in [6, 6.07) is 6.58. The predicted molar refractivity (Wildman–Crippen MR) is 160 cm³/mol. The second kappa shape index (κ2) is 19.2. The number of hydrogen-bond donors (Lipinski definition) is 3. The SMILES string of the molecule is COC(=O)[C@H](CO)NC(=O)[C@H](CSS[C@@H]1O[C@H](COC(C)=O)[C@@H](OCc2ccccc2)[C@H](OC(C)=O)[C@H]1OC(C)=O)NC(C)=O. The summed E-state index contributed by atoms with van der Waals surface area (Å²) in [6.45, 7) is 3.80. The highest BCUT2D eigenvalue weighted by atomic mass is 33.1. The maximum atomic E-state index is 12.9. The van der Waals surface area contributed by atoms with E-state index in [0.717, 1.165) is 34.3 Å². The molecule has 1 aromatic rings. The summed E-state index contributed by atoms with van der Waals surface area (Å²) in [4.78, 5) is 72.6. The lowest BCUT2D eigenvalue weighted by Crippen LogP contribution is -2.61. The molecular weight excluding hydrogens is 636 g/mol. The van der Waals surface area contributed by atoms with Gasteiger partial charge in [-0.05, 0) is 5.56 Å².